The zero-order valence-corrected chi connectivity index (χ0v) is 15.1. The Morgan fingerprint density at radius 2 is 1.78 bits per heavy atom. The number of aryl methyl sites for hydroxylation is 1. The van der Waals surface area contributed by atoms with Crippen LogP contribution in [0.25, 0.3) is 0 Å². The summed E-state index contributed by atoms with van der Waals surface area (Å²) in [5.41, 5.74) is 1.84. The van der Waals surface area contributed by atoms with Crippen molar-refractivity contribution in [2.75, 3.05) is 14.2 Å². The molecule has 1 saturated heterocycles. The highest BCUT2D eigenvalue weighted by Gasteiger charge is 2.52. The van der Waals surface area contributed by atoms with Gasteiger partial charge >= 0.3 is 7.12 Å². The van der Waals surface area contributed by atoms with Gasteiger partial charge in [-0.3, -0.25) is 9.63 Å². The Labute approximate surface area is 139 Å². The zero-order valence-electron chi connectivity index (χ0n) is 15.1. The molecule has 1 aromatic carbocycles. The second kappa shape index (κ2) is 6.26. The van der Waals surface area contributed by atoms with Gasteiger partial charge in [0.2, 0.25) is 0 Å². The Kier molecular flexibility index (Phi) is 4.90. The molecule has 0 aromatic heterocycles. The summed E-state index contributed by atoms with van der Waals surface area (Å²) in [5.74, 6) is -0.178. The van der Waals surface area contributed by atoms with E-state index >= 15 is 0 Å². The Bertz CT molecular complexity index is 584. The summed E-state index contributed by atoms with van der Waals surface area (Å²) in [6.07, 6.45) is 0.789. The second-order valence-corrected chi connectivity index (χ2v) is 6.84. The van der Waals surface area contributed by atoms with Crippen molar-refractivity contribution in [3.05, 3.63) is 29.3 Å². The molecule has 1 aliphatic heterocycles. The fraction of sp³-hybridized carbons (Fsp3) is 0.588. The van der Waals surface area contributed by atoms with Crippen molar-refractivity contribution in [1.29, 1.82) is 0 Å². The minimum Gasteiger partial charge on any atom is -0.399 e. The third-order valence-corrected chi connectivity index (χ3v) is 4.84. The van der Waals surface area contributed by atoms with Gasteiger partial charge in [-0.15, -0.1) is 0 Å². The van der Waals surface area contributed by atoms with Crippen LogP contribution < -0.4 is 5.46 Å². The van der Waals surface area contributed by atoms with Crippen LogP contribution in [-0.2, 0) is 20.6 Å². The molecule has 0 aliphatic carbocycles. The number of rotatable bonds is 4. The lowest BCUT2D eigenvalue weighted by atomic mass is 9.75. The summed E-state index contributed by atoms with van der Waals surface area (Å²) in [7, 11) is 2.65. The van der Waals surface area contributed by atoms with Crippen LogP contribution in [0.5, 0.6) is 0 Å². The maximum absolute atomic E-state index is 12.2. The van der Waals surface area contributed by atoms with Gasteiger partial charge in [0.05, 0.1) is 18.3 Å². The topological polar surface area (TPSA) is 48.0 Å². The molecular formula is C17H26BNO4. The molecule has 0 bridgehead atoms. The van der Waals surface area contributed by atoms with E-state index in [-0.39, 0.29) is 17.1 Å². The van der Waals surface area contributed by atoms with E-state index in [1.165, 1.54) is 12.2 Å². The standard InChI is InChI=1S/C17H26BNO4/c1-8-12-11-13(15(20)19(6)21-7)9-10-14(12)18-22-16(2,3)17(4,5)23-18/h9-11H,8H2,1-7H3. The molecule has 5 nitrogen and oxygen atoms in total. The molecule has 0 spiro atoms. The number of carbonyl (C=O) groups excluding carboxylic acids is 1. The molecule has 0 radical (unpaired) electrons. The molecule has 1 amide bonds. The number of carbonyl (C=O) groups is 1. The molecular weight excluding hydrogens is 293 g/mol. The average Bonchev–Trinajstić information content (AvgIpc) is 2.73. The predicted octanol–water partition coefficient (Wildman–Crippen LogP) is 2.18. The van der Waals surface area contributed by atoms with E-state index in [0.717, 1.165) is 17.4 Å². The lowest BCUT2D eigenvalue weighted by Gasteiger charge is -2.32. The summed E-state index contributed by atoms with van der Waals surface area (Å²) >= 11 is 0. The van der Waals surface area contributed by atoms with Gasteiger partial charge in [-0.25, -0.2) is 5.06 Å². The van der Waals surface area contributed by atoms with Gasteiger partial charge < -0.3 is 9.31 Å². The summed E-state index contributed by atoms with van der Waals surface area (Å²) in [6.45, 7) is 10.2. The van der Waals surface area contributed by atoms with Crippen LogP contribution in [0.3, 0.4) is 0 Å². The number of hydrogen-bond donors (Lipinski definition) is 0. The molecule has 126 valence electrons. The lowest BCUT2D eigenvalue weighted by Crippen LogP contribution is -2.41. The third kappa shape index (κ3) is 3.29. The van der Waals surface area contributed by atoms with Crippen molar-refractivity contribution >= 4 is 18.5 Å². The van der Waals surface area contributed by atoms with Crippen molar-refractivity contribution in [3.63, 3.8) is 0 Å². The molecule has 23 heavy (non-hydrogen) atoms. The van der Waals surface area contributed by atoms with Gasteiger partial charge in [-0.2, -0.15) is 0 Å². The molecule has 0 saturated carbocycles. The van der Waals surface area contributed by atoms with Gasteiger partial charge in [0, 0.05) is 12.6 Å². The number of amides is 1. The van der Waals surface area contributed by atoms with Crippen LogP contribution in [0.4, 0.5) is 0 Å². The Morgan fingerprint density at radius 3 is 2.26 bits per heavy atom. The SMILES string of the molecule is CCc1cc(C(=O)N(C)OC)ccc1B1OC(C)(C)C(C)(C)O1. The van der Waals surface area contributed by atoms with Gasteiger partial charge in [0.1, 0.15) is 0 Å². The van der Waals surface area contributed by atoms with Crippen LogP contribution in [-0.4, -0.2) is 43.4 Å². The summed E-state index contributed by atoms with van der Waals surface area (Å²) in [5, 5.41) is 1.21. The monoisotopic (exact) mass is 319 g/mol. The molecule has 1 fully saturated rings. The molecule has 1 heterocycles. The maximum atomic E-state index is 12.2. The second-order valence-electron chi connectivity index (χ2n) is 6.84. The van der Waals surface area contributed by atoms with Crippen LogP contribution in [0.2, 0.25) is 0 Å². The normalized spacial score (nSPS) is 19.0. The lowest BCUT2D eigenvalue weighted by molar-refractivity contribution is -0.0757. The number of hydroxylamine groups is 2. The quantitative estimate of drug-likeness (QED) is 0.630. The predicted molar refractivity (Wildman–Crippen MR) is 90.6 cm³/mol. The van der Waals surface area contributed by atoms with Crippen molar-refractivity contribution < 1.29 is 18.9 Å². The minimum atomic E-state index is -0.417. The average molecular weight is 319 g/mol. The Hall–Kier alpha value is -1.37. The van der Waals surface area contributed by atoms with Crippen LogP contribution in [0.1, 0.15) is 50.5 Å². The fourth-order valence-corrected chi connectivity index (χ4v) is 2.51. The van der Waals surface area contributed by atoms with Gasteiger partial charge in [-0.1, -0.05) is 13.0 Å². The molecule has 1 aromatic rings. The maximum Gasteiger partial charge on any atom is 0.495 e. The molecule has 0 unspecified atom stereocenters. The first kappa shape index (κ1) is 18.0. The number of hydrogen-bond acceptors (Lipinski definition) is 4. The number of benzene rings is 1. The third-order valence-electron chi connectivity index (χ3n) is 4.84. The van der Waals surface area contributed by atoms with Gasteiger partial charge in [-0.05, 0) is 57.3 Å². The minimum absolute atomic E-state index is 0.178. The zero-order chi connectivity index (χ0) is 17.4. The van der Waals surface area contributed by atoms with E-state index in [0.29, 0.717) is 5.56 Å². The first-order chi connectivity index (χ1) is 10.6. The van der Waals surface area contributed by atoms with Crippen molar-refractivity contribution in [2.45, 2.75) is 52.2 Å². The highest BCUT2D eigenvalue weighted by atomic mass is 16.7. The molecule has 1 aliphatic rings. The first-order valence-electron chi connectivity index (χ1n) is 7.93. The van der Waals surface area contributed by atoms with Gasteiger partial charge in [0.25, 0.3) is 5.91 Å². The fourth-order valence-electron chi connectivity index (χ4n) is 2.51. The molecule has 6 heteroatoms. The summed E-state index contributed by atoms with van der Waals surface area (Å²) < 4.78 is 12.2. The van der Waals surface area contributed by atoms with E-state index in [9.17, 15) is 4.79 Å². The Morgan fingerprint density at radius 1 is 1.22 bits per heavy atom. The molecule has 2 rings (SSSR count). The van der Waals surface area contributed by atoms with Crippen LogP contribution in [0, 0.1) is 0 Å². The number of nitrogens with zero attached hydrogens (tertiary/aromatic N) is 1. The summed E-state index contributed by atoms with van der Waals surface area (Å²) in [6, 6.07) is 5.59. The van der Waals surface area contributed by atoms with Crippen LogP contribution in [0.15, 0.2) is 18.2 Å². The van der Waals surface area contributed by atoms with Crippen molar-refractivity contribution in [2.24, 2.45) is 0 Å². The first-order valence-corrected chi connectivity index (χ1v) is 7.93. The van der Waals surface area contributed by atoms with E-state index in [1.54, 1.807) is 13.1 Å². The van der Waals surface area contributed by atoms with Crippen molar-refractivity contribution in [3.8, 4) is 0 Å². The van der Waals surface area contributed by atoms with Crippen molar-refractivity contribution in [1.82, 2.24) is 5.06 Å². The summed E-state index contributed by atoms with van der Waals surface area (Å²) in [4.78, 5) is 17.2. The highest BCUT2D eigenvalue weighted by molar-refractivity contribution is 6.62. The van der Waals surface area contributed by atoms with E-state index in [4.69, 9.17) is 14.1 Å². The molecule has 0 atom stereocenters. The molecule has 0 N–H and O–H groups in total. The largest absolute Gasteiger partial charge is 0.495 e. The van der Waals surface area contributed by atoms with E-state index in [2.05, 4.69) is 6.92 Å². The van der Waals surface area contributed by atoms with E-state index in [1.807, 2.05) is 39.8 Å². The van der Waals surface area contributed by atoms with Crippen LogP contribution >= 0.6 is 0 Å². The highest BCUT2D eigenvalue weighted by Crippen LogP contribution is 2.36. The van der Waals surface area contributed by atoms with Gasteiger partial charge in [0.15, 0.2) is 0 Å². The van der Waals surface area contributed by atoms with E-state index < -0.39 is 7.12 Å². The smallest absolute Gasteiger partial charge is 0.399 e. The Balaban J connectivity index is 2.33.